The van der Waals surface area contributed by atoms with Gasteiger partial charge >= 0.3 is 0 Å². The molecular weight excluding hydrogens is 218 g/mol. The molecular formula is C13H27NO3. The summed E-state index contributed by atoms with van der Waals surface area (Å²) in [5, 5.41) is 0. The topological polar surface area (TPSA) is 53.7 Å². The molecule has 0 spiro atoms. The molecule has 0 saturated heterocycles. The molecule has 0 radical (unpaired) electrons. The second kappa shape index (κ2) is 9.83. The first-order valence-electron chi connectivity index (χ1n) is 6.78. The quantitative estimate of drug-likeness (QED) is 0.694. The van der Waals surface area contributed by atoms with Crippen LogP contribution in [0.25, 0.3) is 0 Å². The number of rotatable bonds is 7. The first-order valence-corrected chi connectivity index (χ1v) is 6.78. The molecule has 1 fully saturated rings. The van der Waals surface area contributed by atoms with Crippen molar-refractivity contribution in [1.29, 1.82) is 0 Å². The molecule has 0 aromatic heterocycles. The third-order valence-electron chi connectivity index (χ3n) is 3.25. The van der Waals surface area contributed by atoms with Gasteiger partial charge in [-0.15, -0.1) is 0 Å². The number of methoxy groups -OCH3 is 1. The molecule has 102 valence electrons. The van der Waals surface area contributed by atoms with Crippen LogP contribution in [0.3, 0.4) is 0 Å². The second-order valence-electron chi connectivity index (χ2n) is 4.67. The van der Waals surface area contributed by atoms with Gasteiger partial charge in [0, 0.05) is 13.2 Å². The molecule has 4 nitrogen and oxygen atoms in total. The van der Waals surface area contributed by atoms with Crippen LogP contribution in [0, 0.1) is 0 Å². The van der Waals surface area contributed by atoms with Gasteiger partial charge in [0.1, 0.15) is 0 Å². The van der Waals surface area contributed by atoms with E-state index in [-0.39, 0.29) is 12.1 Å². The van der Waals surface area contributed by atoms with Crippen molar-refractivity contribution in [1.82, 2.24) is 0 Å². The van der Waals surface area contributed by atoms with Gasteiger partial charge in [-0.05, 0) is 12.8 Å². The van der Waals surface area contributed by atoms with Crippen LogP contribution in [0.1, 0.15) is 38.5 Å². The normalized spacial score (nSPS) is 26.5. The summed E-state index contributed by atoms with van der Waals surface area (Å²) in [6.45, 7) is 2.55. The van der Waals surface area contributed by atoms with Crippen molar-refractivity contribution < 1.29 is 14.2 Å². The van der Waals surface area contributed by atoms with Crippen LogP contribution in [0.2, 0.25) is 0 Å². The van der Waals surface area contributed by atoms with E-state index in [0.717, 1.165) is 12.8 Å². The highest BCUT2D eigenvalue weighted by Gasteiger charge is 2.19. The fourth-order valence-electron chi connectivity index (χ4n) is 2.19. The summed E-state index contributed by atoms with van der Waals surface area (Å²) in [6.07, 6.45) is 7.53. The molecule has 0 bridgehead atoms. The Labute approximate surface area is 105 Å². The Morgan fingerprint density at radius 1 is 0.941 bits per heavy atom. The molecule has 0 aromatic rings. The fraction of sp³-hybridized carbons (Fsp3) is 1.00. The molecule has 2 atom stereocenters. The van der Waals surface area contributed by atoms with E-state index >= 15 is 0 Å². The molecule has 0 amide bonds. The van der Waals surface area contributed by atoms with Crippen LogP contribution >= 0.6 is 0 Å². The summed E-state index contributed by atoms with van der Waals surface area (Å²) in [4.78, 5) is 0. The molecule has 0 aromatic carbocycles. The number of nitrogens with two attached hydrogens (primary N) is 1. The van der Waals surface area contributed by atoms with E-state index in [1.54, 1.807) is 7.11 Å². The Balaban J connectivity index is 2.06. The zero-order valence-corrected chi connectivity index (χ0v) is 11.0. The van der Waals surface area contributed by atoms with Gasteiger partial charge in [0.15, 0.2) is 0 Å². The van der Waals surface area contributed by atoms with Crippen molar-refractivity contribution >= 4 is 0 Å². The summed E-state index contributed by atoms with van der Waals surface area (Å²) in [5.74, 6) is 0. The summed E-state index contributed by atoms with van der Waals surface area (Å²) < 4.78 is 16.1. The van der Waals surface area contributed by atoms with Gasteiger partial charge in [0.05, 0.1) is 32.5 Å². The molecule has 1 rings (SSSR count). The third-order valence-corrected chi connectivity index (χ3v) is 3.25. The first kappa shape index (κ1) is 14.9. The van der Waals surface area contributed by atoms with Gasteiger partial charge < -0.3 is 19.9 Å². The van der Waals surface area contributed by atoms with E-state index in [4.69, 9.17) is 19.9 Å². The molecule has 2 N–H and O–H groups in total. The van der Waals surface area contributed by atoms with E-state index in [0.29, 0.717) is 26.4 Å². The maximum absolute atomic E-state index is 6.13. The van der Waals surface area contributed by atoms with Crippen LogP contribution in [-0.2, 0) is 14.2 Å². The lowest BCUT2D eigenvalue weighted by Crippen LogP contribution is -2.38. The minimum atomic E-state index is 0.203. The predicted molar refractivity (Wildman–Crippen MR) is 68.1 cm³/mol. The van der Waals surface area contributed by atoms with Crippen molar-refractivity contribution in [3.8, 4) is 0 Å². The van der Waals surface area contributed by atoms with Crippen LogP contribution in [0.4, 0.5) is 0 Å². The molecule has 0 heterocycles. The first-order chi connectivity index (χ1) is 8.34. The molecule has 4 heteroatoms. The largest absolute Gasteiger partial charge is 0.382 e. The fourth-order valence-corrected chi connectivity index (χ4v) is 2.19. The Morgan fingerprint density at radius 3 is 2.41 bits per heavy atom. The van der Waals surface area contributed by atoms with E-state index in [9.17, 15) is 0 Å². The monoisotopic (exact) mass is 245 g/mol. The molecule has 1 saturated carbocycles. The standard InChI is InChI=1S/C13H27NO3/c1-15-8-9-16-10-11-17-13-7-5-3-2-4-6-12(13)14/h12-13H,2-11,14H2,1H3. The Morgan fingerprint density at radius 2 is 1.65 bits per heavy atom. The van der Waals surface area contributed by atoms with Gasteiger partial charge in [-0.1, -0.05) is 25.7 Å². The van der Waals surface area contributed by atoms with Crippen LogP contribution in [0.5, 0.6) is 0 Å². The van der Waals surface area contributed by atoms with Crippen molar-refractivity contribution in [2.45, 2.75) is 50.7 Å². The number of ether oxygens (including phenoxy) is 3. The maximum atomic E-state index is 6.13. The molecule has 17 heavy (non-hydrogen) atoms. The average Bonchev–Trinajstić information content (AvgIpc) is 2.32. The lowest BCUT2D eigenvalue weighted by atomic mass is 9.95. The lowest BCUT2D eigenvalue weighted by molar-refractivity contribution is -0.0212. The SMILES string of the molecule is COCCOCCOC1CCCCCCC1N. The highest BCUT2D eigenvalue weighted by atomic mass is 16.5. The van der Waals surface area contributed by atoms with Crippen molar-refractivity contribution in [2.75, 3.05) is 33.5 Å². The Kier molecular flexibility index (Phi) is 8.61. The summed E-state index contributed by atoms with van der Waals surface area (Å²) in [5.41, 5.74) is 6.13. The van der Waals surface area contributed by atoms with Crippen LogP contribution in [0.15, 0.2) is 0 Å². The zero-order chi connectivity index (χ0) is 12.3. The van der Waals surface area contributed by atoms with Gasteiger partial charge in [-0.2, -0.15) is 0 Å². The minimum Gasteiger partial charge on any atom is -0.382 e. The van der Waals surface area contributed by atoms with Crippen molar-refractivity contribution in [3.05, 3.63) is 0 Å². The Bertz CT molecular complexity index is 178. The van der Waals surface area contributed by atoms with E-state index in [1.165, 1.54) is 25.7 Å². The van der Waals surface area contributed by atoms with Gasteiger partial charge in [-0.3, -0.25) is 0 Å². The molecule has 1 aliphatic carbocycles. The minimum absolute atomic E-state index is 0.203. The predicted octanol–water partition coefficient (Wildman–Crippen LogP) is 1.72. The summed E-state index contributed by atoms with van der Waals surface area (Å²) >= 11 is 0. The zero-order valence-electron chi connectivity index (χ0n) is 11.0. The van der Waals surface area contributed by atoms with Gasteiger partial charge in [0.2, 0.25) is 0 Å². The second-order valence-corrected chi connectivity index (χ2v) is 4.67. The summed E-state index contributed by atoms with van der Waals surface area (Å²) in [7, 11) is 1.67. The highest BCUT2D eigenvalue weighted by Crippen LogP contribution is 2.18. The average molecular weight is 245 g/mol. The smallest absolute Gasteiger partial charge is 0.0727 e. The van der Waals surface area contributed by atoms with E-state index in [2.05, 4.69) is 0 Å². The Hall–Kier alpha value is -0.160. The van der Waals surface area contributed by atoms with Crippen molar-refractivity contribution in [2.24, 2.45) is 5.73 Å². The van der Waals surface area contributed by atoms with Crippen LogP contribution < -0.4 is 5.73 Å². The number of hydrogen-bond donors (Lipinski definition) is 1. The highest BCUT2D eigenvalue weighted by molar-refractivity contribution is 4.75. The van der Waals surface area contributed by atoms with E-state index < -0.39 is 0 Å². The van der Waals surface area contributed by atoms with Gasteiger partial charge in [-0.25, -0.2) is 0 Å². The van der Waals surface area contributed by atoms with Crippen molar-refractivity contribution in [3.63, 3.8) is 0 Å². The van der Waals surface area contributed by atoms with Gasteiger partial charge in [0.25, 0.3) is 0 Å². The number of hydrogen-bond acceptors (Lipinski definition) is 4. The lowest BCUT2D eigenvalue weighted by Gasteiger charge is -2.26. The third kappa shape index (κ3) is 6.99. The molecule has 1 aliphatic rings. The van der Waals surface area contributed by atoms with Crippen LogP contribution in [-0.4, -0.2) is 45.7 Å². The summed E-state index contributed by atoms with van der Waals surface area (Å²) in [6, 6.07) is 0.203. The maximum Gasteiger partial charge on any atom is 0.0727 e. The molecule has 0 aliphatic heterocycles. The molecule has 2 unspecified atom stereocenters. The van der Waals surface area contributed by atoms with E-state index in [1.807, 2.05) is 0 Å².